The van der Waals surface area contributed by atoms with Crippen molar-refractivity contribution >= 4 is 74.3 Å². The molecule has 0 atom stereocenters. The molecular weight excluding hydrogens is 817 g/mol. The summed E-state index contributed by atoms with van der Waals surface area (Å²) in [5.41, 5.74) is 4.21. The largest absolute Gasteiger partial charge is 0.368 e. The quantitative estimate of drug-likeness (QED) is 0.0610. The summed E-state index contributed by atoms with van der Waals surface area (Å²) in [7, 11) is 3.55. The number of anilines is 5. The van der Waals surface area contributed by atoms with Crippen molar-refractivity contribution in [1.82, 2.24) is 39.6 Å². The molecule has 5 aromatic rings. The van der Waals surface area contributed by atoms with Crippen LogP contribution in [0.3, 0.4) is 0 Å². The highest BCUT2D eigenvalue weighted by atomic mass is 32.1. The van der Waals surface area contributed by atoms with Gasteiger partial charge in [-0.3, -0.25) is 29.4 Å². The zero-order valence-electron chi connectivity index (χ0n) is 36.9. The van der Waals surface area contributed by atoms with Crippen LogP contribution in [-0.2, 0) is 9.59 Å². The molecule has 0 unspecified atom stereocenters. The molecular formula is C46H60N12O4S. The average Bonchev–Trinajstić information content (AvgIpc) is 4.02. The van der Waals surface area contributed by atoms with Crippen molar-refractivity contribution in [2.75, 3.05) is 74.2 Å². The lowest BCUT2D eigenvalue weighted by Crippen LogP contribution is -2.49. The predicted molar refractivity (Wildman–Crippen MR) is 249 cm³/mol. The van der Waals surface area contributed by atoms with Crippen LogP contribution >= 0.6 is 11.3 Å². The van der Waals surface area contributed by atoms with Gasteiger partial charge in [-0.15, -0.1) is 11.3 Å². The van der Waals surface area contributed by atoms with Crippen LogP contribution < -0.4 is 26.2 Å². The molecule has 7 rings (SSSR count). The Bertz CT molecular complexity index is 2340. The molecule has 1 saturated heterocycles. The van der Waals surface area contributed by atoms with Crippen LogP contribution in [-0.4, -0.2) is 111 Å². The Balaban J connectivity index is 0.752. The Labute approximate surface area is 373 Å². The number of hydrogen-bond acceptors (Lipinski definition) is 12. The summed E-state index contributed by atoms with van der Waals surface area (Å²) in [6.07, 6.45) is 14.1. The normalized spacial score (nSPS) is 14.5. The molecule has 0 spiro atoms. The topological polar surface area (TPSA) is 183 Å². The molecule has 1 aromatic carbocycles. The molecule has 2 aliphatic rings. The van der Waals surface area contributed by atoms with E-state index in [1.54, 1.807) is 49.5 Å². The van der Waals surface area contributed by atoms with Crippen molar-refractivity contribution < 1.29 is 19.2 Å². The van der Waals surface area contributed by atoms with E-state index in [1.165, 1.54) is 11.3 Å². The van der Waals surface area contributed by atoms with Crippen molar-refractivity contribution in [3.63, 3.8) is 0 Å². The summed E-state index contributed by atoms with van der Waals surface area (Å²) >= 11 is 1.43. The predicted octanol–water partition coefficient (Wildman–Crippen LogP) is 7.32. The summed E-state index contributed by atoms with van der Waals surface area (Å²) < 4.78 is 2.11. The number of piperazine rings is 1. The molecule has 1 aliphatic heterocycles. The van der Waals surface area contributed by atoms with E-state index in [4.69, 9.17) is 4.98 Å². The SMILES string of the molecule is Cc1nc(NC(=O)c2ccccc2NC(=O)CCCCCCCCNC(=O)CN2CCN(c3ccc(Nc4ncc5cc(C(=O)N(C)C)n(C6CCCC6)c5n4)nc3)CC2)sc1C. The van der Waals surface area contributed by atoms with Crippen molar-refractivity contribution in [2.24, 2.45) is 0 Å². The molecule has 16 nitrogen and oxygen atoms in total. The molecule has 4 amide bonds. The molecule has 17 heteroatoms. The number of thiazole rings is 1. The fraction of sp³-hybridized carbons (Fsp3) is 0.478. The van der Waals surface area contributed by atoms with E-state index in [0.717, 1.165) is 118 Å². The Kier molecular flexibility index (Phi) is 15.3. The molecule has 4 aromatic heterocycles. The number of pyridine rings is 1. The van der Waals surface area contributed by atoms with Gasteiger partial charge >= 0.3 is 0 Å². The van der Waals surface area contributed by atoms with Crippen molar-refractivity contribution in [3.05, 3.63) is 76.7 Å². The first-order valence-corrected chi connectivity index (χ1v) is 23.0. The van der Waals surface area contributed by atoms with E-state index in [1.807, 2.05) is 38.2 Å². The molecule has 63 heavy (non-hydrogen) atoms. The fourth-order valence-corrected chi connectivity index (χ4v) is 9.03. The highest BCUT2D eigenvalue weighted by molar-refractivity contribution is 7.15. The Morgan fingerprint density at radius 3 is 2.29 bits per heavy atom. The third-order valence-electron chi connectivity index (χ3n) is 11.8. The van der Waals surface area contributed by atoms with Gasteiger partial charge in [0.05, 0.1) is 35.4 Å². The van der Waals surface area contributed by atoms with E-state index in [0.29, 0.717) is 53.4 Å². The minimum atomic E-state index is -0.302. The summed E-state index contributed by atoms with van der Waals surface area (Å²) in [6, 6.07) is 13.1. The van der Waals surface area contributed by atoms with Gasteiger partial charge in [-0.25, -0.2) is 15.0 Å². The number of amides is 4. The number of aryl methyl sites for hydroxylation is 2. The second-order valence-corrected chi connectivity index (χ2v) is 17.9. The van der Waals surface area contributed by atoms with Gasteiger partial charge in [0.1, 0.15) is 17.2 Å². The van der Waals surface area contributed by atoms with Gasteiger partial charge < -0.3 is 30.3 Å². The number of carbonyl (C=O) groups is 4. The summed E-state index contributed by atoms with van der Waals surface area (Å²) in [4.78, 5) is 76.9. The zero-order valence-corrected chi connectivity index (χ0v) is 37.7. The van der Waals surface area contributed by atoms with E-state index in [2.05, 4.69) is 50.6 Å². The van der Waals surface area contributed by atoms with E-state index in [-0.39, 0.29) is 29.7 Å². The van der Waals surface area contributed by atoms with Crippen LogP contribution in [0.15, 0.2) is 54.9 Å². The summed E-state index contributed by atoms with van der Waals surface area (Å²) in [5.74, 6) is 0.678. The number of unbranched alkanes of at least 4 members (excludes halogenated alkanes) is 5. The van der Waals surface area contributed by atoms with Crippen molar-refractivity contribution in [2.45, 2.75) is 90.5 Å². The molecule has 0 radical (unpaired) electrons. The second kappa shape index (κ2) is 21.4. The summed E-state index contributed by atoms with van der Waals surface area (Å²) in [6.45, 7) is 8.08. The van der Waals surface area contributed by atoms with Gasteiger partial charge in [0.15, 0.2) is 5.13 Å². The Morgan fingerprint density at radius 1 is 0.825 bits per heavy atom. The van der Waals surface area contributed by atoms with E-state index >= 15 is 0 Å². The van der Waals surface area contributed by atoms with Gasteiger partial charge in [-0.05, 0) is 69.9 Å². The first-order valence-electron chi connectivity index (χ1n) is 22.2. The average molecular weight is 877 g/mol. The maximum atomic E-state index is 13.1. The van der Waals surface area contributed by atoms with Gasteiger partial charge in [0, 0.05) is 75.7 Å². The monoisotopic (exact) mass is 876 g/mol. The number of carbonyl (C=O) groups excluding carboxylic acids is 4. The minimum absolute atomic E-state index is 0.0356. The van der Waals surface area contributed by atoms with Gasteiger partial charge in [0.2, 0.25) is 17.8 Å². The zero-order chi connectivity index (χ0) is 44.3. The van der Waals surface area contributed by atoms with E-state index < -0.39 is 0 Å². The number of fused-ring (bicyclic) bond motifs is 1. The molecule has 1 aliphatic carbocycles. The number of rotatable bonds is 19. The smallest absolute Gasteiger partial charge is 0.270 e. The lowest BCUT2D eigenvalue weighted by molar-refractivity contribution is -0.122. The van der Waals surface area contributed by atoms with Crippen LogP contribution in [0.1, 0.15) is 108 Å². The van der Waals surface area contributed by atoms with Crippen LogP contribution in [0.2, 0.25) is 0 Å². The number of para-hydroxylation sites is 1. The fourth-order valence-electron chi connectivity index (χ4n) is 8.22. The summed E-state index contributed by atoms with van der Waals surface area (Å²) in [5, 5.41) is 13.5. The molecule has 2 fully saturated rings. The van der Waals surface area contributed by atoms with Crippen LogP contribution in [0.25, 0.3) is 11.0 Å². The Hall–Kier alpha value is -5.94. The molecule has 334 valence electrons. The minimum Gasteiger partial charge on any atom is -0.368 e. The van der Waals surface area contributed by atoms with Gasteiger partial charge in [-0.2, -0.15) is 4.98 Å². The maximum Gasteiger partial charge on any atom is 0.270 e. The molecule has 5 heterocycles. The highest BCUT2D eigenvalue weighted by Gasteiger charge is 2.27. The third kappa shape index (κ3) is 12.0. The van der Waals surface area contributed by atoms with Gasteiger partial charge in [0.25, 0.3) is 11.8 Å². The maximum absolute atomic E-state index is 13.1. The van der Waals surface area contributed by atoms with Crippen molar-refractivity contribution in [3.8, 4) is 0 Å². The Morgan fingerprint density at radius 2 is 1.57 bits per heavy atom. The third-order valence-corrected chi connectivity index (χ3v) is 12.8. The number of benzene rings is 1. The first kappa shape index (κ1) is 45.1. The van der Waals surface area contributed by atoms with E-state index in [9.17, 15) is 19.2 Å². The number of aromatic nitrogens is 5. The van der Waals surface area contributed by atoms with Crippen LogP contribution in [0.5, 0.6) is 0 Å². The molecule has 1 saturated carbocycles. The molecule has 0 bridgehead atoms. The second-order valence-electron chi connectivity index (χ2n) is 16.7. The van der Waals surface area contributed by atoms with Gasteiger partial charge in [-0.1, -0.05) is 50.7 Å². The van der Waals surface area contributed by atoms with Crippen molar-refractivity contribution in [1.29, 1.82) is 0 Å². The highest BCUT2D eigenvalue weighted by Crippen LogP contribution is 2.35. The standard InChI is InChI=1S/C46H60N12O4S/c1-31-32(2)63-46(50-31)54-43(61)36-17-12-13-18-37(36)51-40(59)19-9-7-5-6-8-14-22-47-41(60)30-56-23-25-57(26-24-56)35-20-21-39(48-29-35)52-45-49-28-33-27-38(44(62)55(3)4)58(42(33)53-45)34-15-10-11-16-34/h12-13,17-18,20-21,27-29,34H,5-11,14-16,19,22-26,30H2,1-4H3,(H,47,60)(H,51,59)(H,50,54,61)(H,48,49,52,53). The number of hydrogen-bond donors (Lipinski definition) is 4. The lowest BCUT2D eigenvalue weighted by atomic mass is 10.1. The lowest BCUT2D eigenvalue weighted by Gasteiger charge is -2.35. The number of nitrogens with zero attached hydrogens (tertiary/aromatic N) is 8. The first-order chi connectivity index (χ1) is 30.5. The van der Waals surface area contributed by atoms with Crippen LogP contribution in [0, 0.1) is 13.8 Å². The van der Waals surface area contributed by atoms with Crippen LogP contribution in [0.4, 0.5) is 28.3 Å². The molecule has 4 N–H and O–H groups in total. The number of nitrogens with one attached hydrogen (secondary N) is 4.